The first kappa shape index (κ1) is 25.3. The fourth-order valence-corrected chi connectivity index (χ4v) is 6.71. The first-order valence-electron chi connectivity index (χ1n) is 12.2. The molecule has 2 fully saturated rings. The molecule has 1 aromatic rings. The van der Waals surface area contributed by atoms with Gasteiger partial charge in [0, 0.05) is 11.5 Å². The maximum absolute atomic E-state index is 12.5. The highest BCUT2D eigenvalue weighted by molar-refractivity contribution is 5.87. The molecule has 0 radical (unpaired) electrons. The van der Waals surface area contributed by atoms with Crippen LogP contribution in [0.5, 0.6) is 5.75 Å². The van der Waals surface area contributed by atoms with E-state index in [1.54, 1.807) is 30.3 Å². The van der Waals surface area contributed by atoms with Gasteiger partial charge in [-0.2, -0.15) is 0 Å². The second-order valence-corrected chi connectivity index (χ2v) is 10.9. The molecule has 2 aliphatic rings. The van der Waals surface area contributed by atoms with Crippen LogP contribution in [0, 0.1) is 22.7 Å². The number of ether oxygens (including phenoxy) is 1. The van der Waals surface area contributed by atoms with E-state index in [1.165, 1.54) is 6.08 Å². The van der Waals surface area contributed by atoms with Crippen LogP contribution in [0.15, 0.2) is 55.1 Å². The van der Waals surface area contributed by atoms with Crippen molar-refractivity contribution >= 4 is 12.0 Å². The van der Waals surface area contributed by atoms with Crippen LogP contribution in [0.1, 0.15) is 71.3 Å². The molecule has 3 rings (SSSR count). The van der Waals surface area contributed by atoms with Crippen molar-refractivity contribution in [1.29, 1.82) is 0 Å². The molecule has 180 valence electrons. The average Bonchev–Trinajstić information content (AvgIpc) is 2.76. The Morgan fingerprint density at radius 3 is 2.55 bits per heavy atom. The maximum atomic E-state index is 12.5. The fraction of sp³-hybridized carbons (Fsp3) is 0.552. The lowest BCUT2D eigenvalue weighted by Gasteiger charge is -2.61. The van der Waals surface area contributed by atoms with E-state index in [9.17, 15) is 15.0 Å². The number of carbonyl (C=O) groups excluding carboxylic acids is 1. The van der Waals surface area contributed by atoms with E-state index in [-0.39, 0.29) is 28.5 Å². The number of benzene rings is 1. The van der Waals surface area contributed by atoms with Crippen molar-refractivity contribution in [1.82, 2.24) is 0 Å². The minimum absolute atomic E-state index is 0.00944. The molecule has 0 saturated heterocycles. The zero-order chi connectivity index (χ0) is 24.3. The molecule has 0 aliphatic heterocycles. The van der Waals surface area contributed by atoms with Crippen LogP contribution in [0.25, 0.3) is 6.08 Å². The lowest BCUT2D eigenvalue weighted by Crippen LogP contribution is -2.59. The lowest BCUT2D eigenvalue weighted by atomic mass is 9.45. The highest BCUT2D eigenvalue weighted by Gasteiger charge is 2.59. The van der Waals surface area contributed by atoms with Crippen LogP contribution in [-0.4, -0.2) is 28.4 Å². The fourth-order valence-electron chi connectivity index (χ4n) is 6.71. The largest absolute Gasteiger partial charge is 0.508 e. The molecule has 2 N–H and O–H groups in total. The second kappa shape index (κ2) is 9.89. The number of phenolic OH excluding ortho intramolecular Hbond substituents is 1. The van der Waals surface area contributed by atoms with Crippen molar-refractivity contribution in [3.8, 4) is 5.75 Å². The Kier molecular flexibility index (Phi) is 7.58. The molecule has 0 bridgehead atoms. The Labute approximate surface area is 199 Å². The zero-order valence-corrected chi connectivity index (χ0v) is 20.5. The molecule has 0 spiro atoms. The number of hydrogen-bond acceptors (Lipinski definition) is 4. The van der Waals surface area contributed by atoms with Crippen LogP contribution in [0.4, 0.5) is 0 Å². The van der Waals surface area contributed by atoms with Gasteiger partial charge in [0.2, 0.25) is 0 Å². The standard InChI is InChI=1S/C29H40O4/c1-6-21(2)8-14-25-28(4)18-7-17-27(3,24(28)16-19-29(25,5)32)20-33-26(31)15-11-22-9-12-23(30)13-10-22/h6,9-13,15,24-25,30,32H,1-2,7-8,14,16-20H2,3-5H3/t24-,25+,27?,28-,29-/m0/s1. The molecule has 0 aromatic heterocycles. The summed E-state index contributed by atoms with van der Waals surface area (Å²) in [5.74, 6) is 0.403. The van der Waals surface area contributed by atoms with Crippen LogP contribution >= 0.6 is 0 Å². The summed E-state index contributed by atoms with van der Waals surface area (Å²) in [5, 5.41) is 20.7. The van der Waals surface area contributed by atoms with Gasteiger partial charge < -0.3 is 14.9 Å². The summed E-state index contributed by atoms with van der Waals surface area (Å²) in [6.07, 6.45) is 11.6. The molecule has 0 heterocycles. The topological polar surface area (TPSA) is 66.8 Å². The quantitative estimate of drug-likeness (QED) is 0.270. The highest BCUT2D eigenvalue weighted by Crippen LogP contribution is 2.63. The van der Waals surface area contributed by atoms with E-state index in [2.05, 4.69) is 27.0 Å². The van der Waals surface area contributed by atoms with E-state index >= 15 is 0 Å². The van der Waals surface area contributed by atoms with Crippen LogP contribution < -0.4 is 0 Å². The van der Waals surface area contributed by atoms with Gasteiger partial charge in [0.1, 0.15) is 5.75 Å². The van der Waals surface area contributed by atoms with Gasteiger partial charge in [-0.1, -0.05) is 57.2 Å². The summed E-state index contributed by atoms with van der Waals surface area (Å²) in [6.45, 7) is 14.9. The normalized spacial score (nSPS) is 33.9. The minimum atomic E-state index is -0.700. The van der Waals surface area contributed by atoms with Crippen molar-refractivity contribution in [3.63, 3.8) is 0 Å². The minimum Gasteiger partial charge on any atom is -0.508 e. The molecule has 0 amide bonds. The number of phenols is 1. The zero-order valence-electron chi connectivity index (χ0n) is 20.5. The number of rotatable bonds is 8. The van der Waals surface area contributed by atoms with Gasteiger partial charge in [-0.25, -0.2) is 4.79 Å². The Bertz CT molecular complexity index is 897. The lowest BCUT2D eigenvalue weighted by molar-refractivity contribution is -0.185. The predicted molar refractivity (Wildman–Crippen MR) is 134 cm³/mol. The number of hydrogen-bond donors (Lipinski definition) is 2. The molecule has 1 aromatic carbocycles. The van der Waals surface area contributed by atoms with E-state index in [0.29, 0.717) is 12.5 Å². The number of allylic oxidation sites excluding steroid dienone is 2. The predicted octanol–water partition coefficient (Wildman–Crippen LogP) is 6.44. The van der Waals surface area contributed by atoms with E-state index in [1.807, 2.05) is 13.0 Å². The number of fused-ring (bicyclic) bond motifs is 1. The van der Waals surface area contributed by atoms with Gasteiger partial charge in [-0.3, -0.25) is 0 Å². The molecule has 5 atom stereocenters. The Morgan fingerprint density at radius 1 is 1.18 bits per heavy atom. The third-order valence-corrected chi connectivity index (χ3v) is 8.48. The highest BCUT2D eigenvalue weighted by atomic mass is 16.5. The molecule has 2 aliphatic carbocycles. The molecular weight excluding hydrogens is 412 g/mol. The number of esters is 1. The van der Waals surface area contributed by atoms with Crippen molar-refractivity contribution < 1.29 is 19.7 Å². The molecule has 1 unspecified atom stereocenters. The summed E-state index contributed by atoms with van der Waals surface area (Å²) in [6, 6.07) is 6.69. The molecule has 2 saturated carbocycles. The van der Waals surface area contributed by atoms with Crippen molar-refractivity contribution in [2.24, 2.45) is 22.7 Å². The maximum Gasteiger partial charge on any atom is 0.330 e. The third kappa shape index (κ3) is 5.60. The Hall–Kier alpha value is -2.33. The van der Waals surface area contributed by atoms with Crippen molar-refractivity contribution in [2.45, 2.75) is 71.3 Å². The molecule has 4 heteroatoms. The van der Waals surface area contributed by atoms with Gasteiger partial charge in [-0.15, -0.1) is 0 Å². The summed E-state index contributed by atoms with van der Waals surface area (Å²) in [7, 11) is 0. The SMILES string of the molecule is C=CC(=C)CC[C@@H]1[C@@]2(C)CCCC(C)(COC(=O)C=Cc3ccc(O)cc3)[C@@H]2CC[C@]1(C)O. The molecular formula is C29H40O4. The monoisotopic (exact) mass is 452 g/mol. The van der Waals surface area contributed by atoms with Gasteiger partial charge in [0.25, 0.3) is 0 Å². The molecule has 4 nitrogen and oxygen atoms in total. The van der Waals surface area contributed by atoms with Gasteiger partial charge in [0.15, 0.2) is 0 Å². The summed E-state index contributed by atoms with van der Waals surface area (Å²) in [5.41, 5.74) is 1.03. The van der Waals surface area contributed by atoms with Gasteiger partial charge >= 0.3 is 5.97 Å². The first-order valence-corrected chi connectivity index (χ1v) is 12.2. The van der Waals surface area contributed by atoms with E-state index in [4.69, 9.17) is 4.74 Å². The van der Waals surface area contributed by atoms with Gasteiger partial charge in [0.05, 0.1) is 12.2 Å². The van der Waals surface area contributed by atoms with Crippen molar-refractivity contribution in [2.75, 3.05) is 6.61 Å². The van der Waals surface area contributed by atoms with Crippen LogP contribution in [-0.2, 0) is 9.53 Å². The number of aliphatic hydroxyl groups is 1. The Morgan fingerprint density at radius 2 is 1.88 bits per heavy atom. The summed E-state index contributed by atoms with van der Waals surface area (Å²) < 4.78 is 5.76. The number of aromatic hydroxyl groups is 1. The second-order valence-electron chi connectivity index (χ2n) is 10.9. The number of carbonyl (C=O) groups is 1. The third-order valence-electron chi connectivity index (χ3n) is 8.48. The summed E-state index contributed by atoms with van der Waals surface area (Å²) >= 11 is 0. The van der Waals surface area contributed by atoms with Crippen molar-refractivity contribution in [3.05, 3.63) is 60.7 Å². The summed E-state index contributed by atoms with van der Waals surface area (Å²) in [4.78, 5) is 12.5. The first-order chi connectivity index (χ1) is 15.5. The van der Waals surface area contributed by atoms with Gasteiger partial charge in [-0.05, 0) is 86.5 Å². The molecule has 33 heavy (non-hydrogen) atoms. The average molecular weight is 453 g/mol. The smallest absolute Gasteiger partial charge is 0.330 e. The van der Waals surface area contributed by atoms with Crippen LogP contribution in [0.3, 0.4) is 0 Å². The Balaban J connectivity index is 1.71. The van der Waals surface area contributed by atoms with E-state index in [0.717, 1.165) is 56.1 Å². The van der Waals surface area contributed by atoms with Crippen LogP contribution in [0.2, 0.25) is 0 Å². The van der Waals surface area contributed by atoms with E-state index < -0.39 is 5.60 Å².